The highest BCUT2D eigenvalue weighted by Gasteiger charge is 2.33. The van der Waals surface area contributed by atoms with Crippen LogP contribution in [-0.4, -0.2) is 86.5 Å². The predicted molar refractivity (Wildman–Crippen MR) is 252 cm³/mol. The van der Waals surface area contributed by atoms with Gasteiger partial charge in [-0.3, -0.25) is 0 Å². The first-order valence-electron chi connectivity index (χ1n) is 24.7. The summed E-state index contributed by atoms with van der Waals surface area (Å²) in [4.78, 5) is 25.9. The number of piperidine rings is 2. The topological polar surface area (TPSA) is 52.6 Å². The van der Waals surface area contributed by atoms with E-state index < -0.39 is 0 Å². The molecule has 2 aromatic rings. The Morgan fingerprint density at radius 3 is 1.15 bits per heavy atom. The first-order valence-corrected chi connectivity index (χ1v) is 24.7. The fourth-order valence-corrected chi connectivity index (χ4v) is 9.42. The maximum absolute atomic E-state index is 12.9. The van der Waals surface area contributed by atoms with Crippen molar-refractivity contribution < 1.29 is 52.8 Å². The SMILES string of the molecule is CCCCCCCCCOC(=O)C[N+]1(C/C=C(\C)Cc2ccc(-c3ccc(C/C(C)=C/C[N+]4(CC(=O)OCCCCCCCCC)CCCCC4)cc3)cc2)CCCCC1.[Cl-].[Cl-]. The van der Waals surface area contributed by atoms with Gasteiger partial charge in [-0.05, 0) is 112 Å². The Hall–Kier alpha value is -2.64. The molecule has 350 valence electrons. The van der Waals surface area contributed by atoms with Gasteiger partial charge < -0.3 is 43.3 Å². The minimum Gasteiger partial charge on any atom is -1.00 e. The number of esters is 2. The maximum Gasteiger partial charge on any atom is 0.361 e. The quantitative estimate of drug-likeness (QED) is 0.0385. The fraction of sp³-hybridized carbons (Fsp3) is 0.667. The van der Waals surface area contributed by atoms with Crippen LogP contribution in [0.3, 0.4) is 0 Å². The average Bonchev–Trinajstić information content (AvgIpc) is 3.25. The largest absolute Gasteiger partial charge is 1.00 e. The summed E-state index contributed by atoms with van der Waals surface area (Å²) in [5, 5.41) is 0. The van der Waals surface area contributed by atoms with Crippen molar-refractivity contribution in [1.29, 1.82) is 0 Å². The number of hydrogen-bond donors (Lipinski definition) is 0. The molecule has 2 aliphatic rings. The van der Waals surface area contributed by atoms with Crippen LogP contribution in [0.25, 0.3) is 11.1 Å². The molecular weight excluding hydrogens is 812 g/mol. The third-order valence-corrected chi connectivity index (χ3v) is 13.3. The van der Waals surface area contributed by atoms with Gasteiger partial charge in [0.15, 0.2) is 13.1 Å². The molecule has 0 saturated carbocycles. The summed E-state index contributed by atoms with van der Waals surface area (Å²) in [5.74, 6) is -0.0357. The summed E-state index contributed by atoms with van der Waals surface area (Å²) in [6.07, 6.45) is 31.2. The molecule has 0 aromatic heterocycles. The summed E-state index contributed by atoms with van der Waals surface area (Å²) in [5.41, 5.74) is 7.84. The number of benzene rings is 2. The van der Waals surface area contributed by atoms with E-state index in [0.717, 1.165) is 86.8 Å². The van der Waals surface area contributed by atoms with Crippen molar-refractivity contribution >= 4 is 11.9 Å². The van der Waals surface area contributed by atoms with Gasteiger partial charge in [0, 0.05) is 0 Å². The van der Waals surface area contributed by atoms with Crippen LogP contribution >= 0.6 is 0 Å². The number of carbonyl (C=O) groups excluding carboxylic acids is 2. The van der Waals surface area contributed by atoms with Crippen molar-refractivity contribution in [1.82, 2.24) is 0 Å². The summed E-state index contributed by atoms with van der Waals surface area (Å²) in [7, 11) is 0. The highest BCUT2D eigenvalue weighted by Crippen LogP contribution is 2.25. The zero-order valence-electron chi connectivity index (χ0n) is 39.7. The van der Waals surface area contributed by atoms with Crippen LogP contribution in [0.2, 0.25) is 0 Å². The number of nitrogens with zero attached hydrogens (tertiary/aromatic N) is 2. The molecule has 8 heteroatoms. The molecule has 0 unspecified atom stereocenters. The van der Waals surface area contributed by atoms with Crippen LogP contribution in [0.4, 0.5) is 0 Å². The fourth-order valence-electron chi connectivity index (χ4n) is 9.42. The number of hydrogen-bond acceptors (Lipinski definition) is 4. The molecule has 2 fully saturated rings. The standard InChI is InChI=1S/C54H86N2O4.2ClH/c1-5-7-9-11-13-15-23-41-59-53(57)45-55(35-19-17-20-36-55)39-33-47(3)43-49-25-29-51(30-26-49)52-31-27-50(28-32-52)44-48(4)34-40-56(37-21-18-22-38-56)46-54(58)60-42-24-16-14-12-10-8-6-2;;/h25-34H,5-24,35-46H2,1-4H3;2*1H/q+2;;/p-2/b47-33+,48-34+;;. The monoisotopic (exact) mass is 897 g/mol. The lowest BCUT2D eigenvalue weighted by Crippen LogP contribution is -3.00. The van der Waals surface area contributed by atoms with Gasteiger partial charge in [-0.15, -0.1) is 0 Å². The molecule has 0 N–H and O–H groups in total. The second kappa shape index (κ2) is 32.1. The lowest BCUT2D eigenvalue weighted by atomic mass is 9.98. The number of rotatable bonds is 29. The third-order valence-electron chi connectivity index (χ3n) is 13.3. The number of allylic oxidation sites excluding steroid dienone is 2. The van der Waals surface area contributed by atoms with Gasteiger partial charge in [0.25, 0.3) is 0 Å². The van der Waals surface area contributed by atoms with Crippen molar-refractivity contribution in [2.24, 2.45) is 0 Å². The Kier molecular flexibility index (Phi) is 28.7. The number of quaternary nitrogens is 2. The normalized spacial score (nSPS) is 16.2. The zero-order chi connectivity index (χ0) is 42.7. The smallest absolute Gasteiger partial charge is 0.361 e. The molecule has 6 nitrogen and oxygen atoms in total. The van der Waals surface area contributed by atoms with Gasteiger partial charge in [0.1, 0.15) is 0 Å². The number of ether oxygens (including phenoxy) is 2. The van der Waals surface area contributed by atoms with Gasteiger partial charge in [0.2, 0.25) is 0 Å². The number of unbranched alkanes of at least 4 members (excludes halogenated alkanes) is 12. The molecule has 4 rings (SSSR count). The van der Waals surface area contributed by atoms with E-state index in [0.29, 0.717) is 26.3 Å². The maximum atomic E-state index is 12.9. The molecule has 0 spiro atoms. The van der Waals surface area contributed by atoms with E-state index in [1.807, 2.05) is 0 Å². The third kappa shape index (κ3) is 21.8. The summed E-state index contributed by atoms with van der Waals surface area (Å²) < 4.78 is 13.2. The van der Waals surface area contributed by atoms with Crippen LogP contribution < -0.4 is 24.8 Å². The second-order valence-electron chi connectivity index (χ2n) is 18.9. The van der Waals surface area contributed by atoms with E-state index in [-0.39, 0.29) is 36.8 Å². The van der Waals surface area contributed by atoms with Gasteiger partial charge >= 0.3 is 11.9 Å². The minimum atomic E-state index is -0.0178. The highest BCUT2D eigenvalue weighted by atomic mass is 35.5. The summed E-state index contributed by atoms with van der Waals surface area (Å²) >= 11 is 0. The molecular formula is C54H86Cl2N2O4. The van der Waals surface area contributed by atoms with E-state index in [9.17, 15) is 9.59 Å². The predicted octanol–water partition coefficient (Wildman–Crippen LogP) is 6.93. The van der Waals surface area contributed by atoms with Gasteiger partial charge in [0.05, 0.1) is 52.5 Å². The summed E-state index contributed by atoms with van der Waals surface area (Å²) in [6.45, 7) is 17.2. The van der Waals surface area contributed by atoms with Crippen molar-refractivity contribution in [3.63, 3.8) is 0 Å². The number of carbonyl (C=O) groups is 2. The molecule has 2 heterocycles. The van der Waals surface area contributed by atoms with E-state index >= 15 is 0 Å². The Morgan fingerprint density at radius 2 is 0.806 bits per heavy atom. The van der Waals surface area contributed by atoms with Crippen molar-refractivity contribution in [3.05, 3.63) is 83.0 Å². The first-order chi connectivity index (χ1) is 29.2. The Bertz CT molecular complexity index is 1440. The average molecular weight is 898 g/mol. The van der Waals surface area contributed by atoms with Crippen LogP contribution in [-0.2, 0) is 31.9 Å². The van der Waals surface area contributed by atoms with Crippen LogP contribution in [0, 0.1) is 0 Å². The Balaban J connectivity index is 0.00000661. The molecule has 62 heavy (non-hydrogen) atoms. The van der Waals surface area contributed by atoms with Crippen LogP contribution in [0.1, 0.15) is 167 Å². The van der Waals surface area contributed by atoms with Crippen molar-refractivity contribution in [2.75, 3.05) is 65.6 Å². The molecule has 2 aromatic carbocycles. The van der Waals surface area contributed by atoms with Gasteiger partial charge in [-0.2, -0.15) is 0 Å². The molecule has 2 saturated heterocycles. The zero-order valence-corrected chi connectivity index (χ0v) is 41.2. The number of halogens is 2. The van der Waals surface area contributed by atoms with Gasteiger partial charge in [-0.25, -0.2) is 9.59 Å². The van der Waals surface area contributed by atoms with E-state index in [1.165, 1.54) is 136 Å². The van der Waals surface area contributed by atoms with E-state index in [1.54, 1.807) is 0 Å². The lowest BCUT2D eigenvalue weighted by Gasteiger charge is -2.40. The number of likely N-dealkylation sites (tertiary alicyclic amines) is 2. The second-order valence-corrected chi connectivity index (χ2v) is 18.9. The van der Waals surface area contributed by atoms with E-state index in [2.05, 4.69) is 88.4 Å². The van der Waals surface area contributed by atoms with Crippen LogP contribution in [0.5, 0.6) is 0 Å². The Labute approximate surface area is 391 Å². The molecule has 0 bridgehead atoms. The molecule has 0 atom stereocenters. The van der Waals surface area contributed by atoms with Gasteiger partial charge in [-0.1, -0.05) is 151 Å². The highest BCUT2D eigenvalue weighted by molar-refractivity contribution is 5.71. The summed E-state index contributed by atoms with van der Waals surface area (Å²) in [6, 6.07) is 18.1. The Morgan fingerprint density at radius 1 is 0.484 bits per heavy atom. The van der Waals surface area contributed by atoms with Crippen molar-refractivity contribution in [3.8, 4) is 11.1 Å². The van der Waals surface area contributed by atoms with E-state index in [4.69, 9.17) is 9.47 Å². The minimum absolute atomic E-state index is 0. The lowest BCUT2D eigenvalue weighted by molar-refractivity contribution is -0.920. The molecule has 0 amide bonds. The molecule has 0 aliphatic carbocycles. The van der Waals surface area contributed by atoms with Crippen molar-refractivity contribution in [2.45, 2.75) is 169 Å². The first kappa shape index (κ1) is 55.5. The molecule has 2 aliphatic heterocycles. The molecule has 0 radical (unpaired) electrons. The van der Waals surface area contributed by atoms with Crippen LogP contribution in [0.15, 0.2) is 71.8 Å².